The molecule has 0 heterocycles. The molecule has 0 aromatic heterocycles. The maximum atomic E-state index is 13.8. The Hall–Kier alpha value is -3.43. The van der Waals surface area contributed by atoms with Crippen molar-refractivity contribution in [3.05, 3.63) is 94.8 Å². The molecule has 0 radical (unpaired) electrons. The van der Waals surface area contributed by atoms with Gasteiger partial charge in [0.15, 0.2) is 0 Å². The highest BCUT2D eigenvalue weighted by Gasteiger charge is 2.32. The van der Waals surface area contributed by atoms with Gasteiger partial charge in [0.1, 0.15) is 18.4 Å². The fourth-order valence-corrected chi connectivity index (χ4v) is 5.42. The van der Waals surface area contributed by atoms with Gasteiger partial charge in [0.05, 0.1) is 10.6 Å². The van der Waals surface area contributed by atoms with E-state index in [0.717, 1.165) is 52.5 Å². The van der Waals surface area contributed by atoms with Crippen LogP contribution in [0.5, 0.6) is 0 Å². The van der Waals surface area contributed by atoms with E-state index in [1.807, 2.05) is 13.8 Å². The largest absolute Gasteiger partial charge is 0.354 e. The van der Waals surface area contributed by atoms with Crippen LogP contribution in [0.3, 0.4) is 0 Å². The van der Waals surface area contributed by atoms with Crippen LogP contribution in [0, 0.1) is 12.7 Å². The molecule has 1 atom stereocenters. The molecule has 0 fully saturated rings. The summed E-state index contributed by atoms with van der Waals surface area (Å²) in [6.07, 6.45) is 1.69. The number of anilines is 1. The van der Waals surface area contributed by atoms with Gasteiger partial charge in [-0.3, -0.25) is 13.9 Å². The Morgan fingerprint density at radius 1 is 0.974 bits per heavy atom. The van der Waals surface area contributed by atoms with Gasteiger partial charge in [-0.05, 0) is 74.4 Å². The van der Waals surface area contributed by atoms with E-state index in [4.69, 9.17) is 11.6 Å². The van der Waals surface area contributed by atoms with Gasteiger partial charge in [0.25, 0.3) is 10.0 Å². The summed E-state index contributed by atoms with van der Waals surface area (Å²) in [5.74, 6) is -1.49. The third kappa shape index (κ3) is 8.03. The summed E-state index contributed by atoms with van der Waals surface area (Å²) >= 11 is 6.02. The number of carbonyl (C=O) groups excluding carboxylic acids is 2. The van der Waals surface area contributed by atoms with Crippen molar-refractivity contribution in [1.82, 2.24) is 10.2 Å². The Balaban J connectivity index is 1.98. The molecule has 0 saturated carbocycles. The molecule has 0 unspecified atom stereocenters. The van der Waals surface area contributed by atoms with Crippen molar-refractivity contribution < 1.29 is 22.4 Å². The first-order valence-corrected chi connectivity index (χ1v) is 14.5. The lowest BCUT2D eigenvalue weighted by Gasteiger charge is -2.32. The number of nitrogens with zero attached hydrogens (tertiary/aromatic N) is 2. The number of amides is 2. The first-order chi connectivity index (χ1) is 18.5. The lowest BCUT2D eigenvalue weighted by atomic mass is 10.1. The molecule has 3 aromatic rings. The van der Waals surface area contributed by atoms with Crippen molar-refractivity contribution in [2.75, 3.05) is 17.4 Å². The molecule has 39 heavy (non-hydrogen) atoms. The summed E-state index contributed by atoms with van der Waals surface area (Å²) in [5, 5.41) is 3.37. The Morgan fingerprint density at radius 3 is 2.18 bits per heavy atom. The number of sulfonamides is 1. The average Bonchev–Trinajstić information content (AvgIpc) is 2.91. The maximum Gasteiger partial charge on any atom is 0.264 e. The normalized spacial score (nSPS) is 12.0. The molecule has 0 bridgehead atoms. The Bertz CT molecular complexity index is 1370. The van der Waals surface area contributed by atoms with Crippen LogP contribution < -0.4 is 9.62 Å². The molecule has 0 saturated heterocycles. The maximum absolute atomic E-state index is 13.8. The van der Waals surface area contributed by atoms with Crippen LogP contribution in [-0.4, -0.2) is 44.3 Å². The smallest absolute Gasteiger partial charge is 0.264 e. The second-order valence-corrected chi connectivity index (χ2v) is 11.6. The van der Waals surface area contributed by atoms with Gasteiger partial charge in [0.2, 0.25) is 11.8 Å². The minimum atomic E-state index is -4.25. The summed E-state index contributed by atoms with van der Waals surface area (Å²) in [5.41, 5.74) is 1.90. The molecule has 0 aliphatic carbocycles. The average molecular weight is 574 g/mol. The second-order valence-electron chi connectivity index (χ2n) is 9.27. The molecule has 0 spiro atoms. The number of carbonyl (C=O) groups is 2. The number of nitrogens with one attached hydrogen (secondary N) is 1. The van der Waals surface area contributed by atoms with E-state index in [0.29, 0.717) is 11.6 Å². The van der Waals surface area contributed by atoms with E-state index in [1.165, 1.54) is 4.90 Å². The molecule has 2 amide bonds. The zero-order chi connectivity index (χ0) is 28.6. The van der Waals surface area contributed by atoms with Gasteiger partial charge in [0, 0.05) is 18.1 Å². The predicted molar refractivity (Wildman–Crippen MR) is 151 cm³/mol. The standard InChI is InChI=1S/C29H33ClFN3O4S/c1-4-5-18-32-29(36)22(3)33(19-23-8-10-24(30)11-9-23)28(35)20-34(26-14-6-21(2)7-15-26)39(37,38)27-16-12-25(31)13-17-27/h6-17,22H,4-5,18-20H2,1-3H3,(H,32,36)/t22-/m0/s1. The Morgan fingerprint density at radius 2 is 1.59 bits per heavy atom. The number of unbranched alkanes of at least 4 members (excludes halogenated alkanes) is 1. The number of halogens is 2. The molecular formula is C29H33ClFN3O4S. The number of hydrogen-bond acceptors (Lipinski definition) is 4. The first kappa shape index (κ1) is 30.1. The zero-order valence-electron chi connectivity index (χ0n) is 22.2. The third-order valence-electron chi connectivity index (χ3n) is 6.27. The van der Waals surface area contributed by atoms with Crippen molar-refractivity contribution >= 4 is 39.1 Å². The SMILES string of the molecule is CCCCNC(=O)[C@H](C)N(Cc1ccc(Cl)cc1)C(=O)CN(c1ccc(C)cc1)S(=O)(=O)c1ccc(F)cc1. The van der Waals surface area contributed by atoms with E-state index in [-0.39, 0.29) is 23.0 Å². The highest BCUT2D eigenvalue weighted by atomic mass is 35.5. The van der Waals surface area contributed by atoms with Crippen molar-refractivity contribution in [3.63, 3.8) is 0 Å². The molecule has 3 rings (SSSR count). The van der Waals surface area contributed by atoms with Crippen molar-refractivity contribution in [3.8, 4) is 0 Å². The number of benzene rings is 3. The molecular weight excluding hydrogens is 541 g/mol. The summed E-state index contributed by atoms with van der Waals surface area (Å²) in [6.45, 7) is 5.45. The quantitative estimate of drug-likeness (QED) is 0.297. The van der Waals surface area contributed by atoms with Gasteiger partial charge >= 0.3 is 0 Å². The van der Waals surface area contributed by atoms with Crippen LogP contribution in [0.2, 0.25) is 5.02 Å². The van der Waals surface area contributed by atoms with E-state index in [2.05, 4.69) is 5.32 Å². The predicted octanol–water partition coefficient (Wildman–Crippen LogP) is 5.32. The summed E-state index contributed by atoms with van der Waals surface area (Å²) in [7, 11) is -4.25. The van der Waals surface area contributed by atoms with Crippen LogP contribution in [0.15, 0.2) is 77.7 Å². The fraction of sp³-hybridized carbons (Fsp3) is 0.310. The van der Waals surface area contributed by atoms with Gasteiger partial charge < -0.3 is 10.2 Å². The topological polar surface area (TPSA) is 86.8 Å². The Kier molecular flexibility index (Phi) is 10.5. The number of hydrogen-bond donors (Lipinski definition) is 1. The van der Waals surface area contributed by atoms with Crippen molar-refractivity contribution in [1.29, 1.82) is 0 Å². The summed E-state index contributed by atoms with van der Waals surface area (Å²) in [6, 6.07) is 17.1. The van der Waals surface area contributed by atoms with Crippen LogP contribution in [0.4, 0.5) is 10.1 Å². The minimum absolute atomic E-state index is 0.0662. The van der Waals surface area contributed by atoms with E-state index < -0.39 is 34.3 Å². The monoisotopic (exact) mass is 573 g/mol. The second kappa shape index (κ2) is 13.6. The van der Waals surface area contributed by atoms with Crippen LogP contribution in [0.1, 0.15) is 37.8 Å². The molecule has 3 aromatic carbocycles. The highest BCUT2D eigenvalue weighted by molar-refractivity contribution is 7.92. The zero-order valence-corrected chi connectivity index (χ0v) is 23.8. The highest BCUT2D eigenvalue weighted by Crippen LogP contribution is 2.25. The van der Waals surface area contributed by atoms with Crippen LogP contribution in [-0.2, 0) is 26.2 Å². The fourth-order valence-electron chi connectivity index (χ4n) is 3.88. The summed E-state index contributed by atoms with van der Waals surface area (Å²) in [4.78, 5) is 28.0. The molecule has 208 valence electrons. The van der Waals surface area contributed by atoms with Gasteiger partial charge in [-0.25, -0.2) is 12.8 Å². The first-order valence-electron chi connectivity index (χ1n) is 12.7. The van der Waals surface area contributed by atoms with E-state index in [9.17, 15) is 22.4 Å². The lowest BCUT2D eigenvalue weighted by Crippen LogP contribution is -2.51. The van der Waals surface area contributed by atoms with Crippen molar-refractivity contribution in [2.24, 2.45) is 0 Å². The third-order valence-corrected chi connectivity index (χ3v) is 8.31. The van der Waals surface area contributed by atoms with Gasteiger partial charge in [-0.1, -0.05) is 54.8 Å². The molecule has 7 nitrogen and oxygen atoms in total. The minimum Gasteiger partial charge on any atom is -0.354 e. The Labute approximate surface area is 234 Å². The molecule has 0 aliphatic rings. The van der Waals surface area contributed by atoms with E-state index in [1.54, 1.807) is 55.5 Å². The van der Waals surface area contributed by atoms with Crippen molar-refractivity contribution in [2.45, 2.75) is 51.1 Å². The van der Waals surface area contributed by atoms with E-state index >= 15 is 0 Å². The van der Waals surface area contributed by atoms with Crippen LogP contribution >= 0.6 is 11.6 Å². The molecule has 0 aliphatic heterocycles. The number of rotatable bonds is 12. The lowest BCUT2D eigenvalue weighted by molar-refractivity contribution is -0.139. The summed E-state index contributed by atoms with van der Waals surface area (Å²) < 4.78 is 41.9. The number of aryl methyl sites for hydroxylation is 1. The molecule has 1 N–H and O–H groups in total. The van der Waals surface area contributed by atoms with Crippen LogP contribution in [0.25, 0.3) is 0 Å². The molecule has 10 heteroatoms. The van der Waals surface area contributed by atoms with Gasteiger partial charge in [-0.2, -0.15) is 0 Å². The van der Waals surface area contributed by atoms with Gasteiger partial charge in [-0.15, -0.1) is 0 Å².